The van der Waals surface area contributed by atoms with Gasteiger partial charge in [-0.2, -0.15) is 0 Å². The maximum absolute atomic E-state index is 8.97. The lowest BCUT2D eigenvalue weighted by Gasteiger charge is -2.10. The molecule has 0 radical (unpaired) electrons. The zero-order valence-corrected chi connectivity index (χ0v) is 5.74. The summed E-state index contributed by atoms with van der Waals surface area (Å²) >= 11 is 1.79. The van der Waals surface area contributed by atoms with E-state index < -0.39 is 0 Å². The lowest BCUT2D eigenvalue weighted by molar-refractivity contribution is 0.183. The summed E-state index contributed by atoms with van der Waals surface area (Å²) in [5.41, 5.74) is 0. The Labute approximate surface area is 53.7 Å². The van der Waals surface area contributed by atoms with Gasteiger partial charge >= 0.3 is 0 Å². The number of hydrogen-bond donors (Lipinski definition) is 2. The molecule has 0 aliphatic carbocycles. The maximum Gasteiger partial charge on any atom is 0.0793 e. The van der Waals surface area contributed by atoms with Crippen LogP contribution in [0.1, 0.15) is 6.92 Å². The van der Waals surface area contributed by atoms with E-state index in [-0.39, 0.29) is 11.5 Å². The Balaban J connectivity index is 2.24. The fourth-order valence-electron chi connectivity index (χ4n) is 0.756. The van der Waals surface area contributed by atoms with Crippen LogP contribution < -0.4 is 5.32 Å². The van der Waals surface area contributed by atoms with E-state index in [4.69, 9.17) is 5.11 Å². The Kier molecular flexibility index (Phi) is 2.16. The third kappa shape index (κ3) is 1.37. The first-order valence-corrected chi connectivity index (χ1v) is 3.88. The first kappa shape index (κ1) is 6.39. The summed E-state index contributed by atoms with van der Waals surface area (Å²) < 4.78 is 0. The molecular weight excluding hydrogens is 122 g/mol. The second-order valence-corrected chi connectivity index (χ2v) is 3.24. The number of hydrogen-bond acceptors (Lipinski definition) is 3. The quantitative estimate of drug-likeness (QED) is 0.529. The highest BCUT2D eigenvalue weighted by Crippen LogP contribution is 2.16. The summed E-state index contributed by atoms with van der Waals surface area (Å²) in [6.07, 6.45) is -0.206. The lowest BCUT2D eigenvalue weighted by atomic mass is 10.4. The van der Waals surface area contributed by atoms with Gasteiger partial charge in [0.1, 0.15) is 0 Å². The van der Waals surface area contributed by atoms with Crippen LogP contribution >= 0.6 is 11.8 Å². The van der Waals surface area contributed by atoms with E-state index in [0.29, 0.717) is 0 Å². The molecule has 1 aliphatic heterocycles. The van der Waals surface area contributed by atoms with E-state index in [0.717, 1.165) is 12.3 Å². The van der Waals surface area contributed by atoms with Gasteiger partial charge in [0.05, 0.1) is 11.5 Å². The van der Waals surface area contributed by atoms with Gasteiger partial charge in [-0.25, -0.2) is 0 Å². The predicted molar refractivity (Wildman–Crippen MR) is 35.9 cm³/mol. The van der Waals surface area contributed by atoms with E-state index in [9.17, 15) is 0 Å². The molecule has 1 unspecified atom stereocenters. The predicted octanol–water partition coefficient (Wildman–Crippen LogP) is 0.0297. The normalized spacial score (nSPS) is 33.0. The van der Waals surface area contributed by atoms with Gasteiger partial charge in [-0.15, -0.1) is 11.8 Å². The van der Waals surface area contributed by atoms with Crippen molar-refractivity contribution in [3.8, 4) is 0 Å². The molecule has 0 bridgehead atoms. The Hall–Kier alpha value is 0.270. The highest BCUT2D eigenvalue weighted by atomic mass is 32.2. The molecule has 0 aromatic heterocycles. The monoisotopic (exact) mass is 133 g/mol. The van der Waals surface area contributed by atoms with Crippen LogP contribution in [-0.4, -0.2) is 28.9 Å². The van der Waals surface area contributed by atoms with Gasteiger partial charge in [0.15, 0.2) is 0 Å². The van der Waals surface area contributed by atoms with Crippen LogP contribution in [0.3, 0.4) is 0 Å². The van der Waals surface area contributed by atoms with E-state index in [1.165, 1.54) is 0 Å². The van der Waals surface area contributed by atoms with Crippen LogP contribution in [0.15, 0.2) is 0 Å². The minimum absolute atomic E-state index is 0.206. The molecule has 1 saturated heterocycles. The van der Waals surface area contributed by atoms with E-state index in [1.54, 1.807) is 11.8 Å². The molecule has 0 amide bonds. The zero-order chi connectivity index (χ0) is 5.98. The van der Waals surface area contributed by atoms with E-state index in [2.05, 4.69) is 5.32 Å². The summed E-state index contributed by atoms with van der Waals surface area (Å²) in [5.74, 6) is 1.13. The smallest absolute Gasteiger partial charge is 0.0793 e. The molecule has 1 heterocycles. The Bertz CT molecular complexity index is 70.8. The largest absolute Gasteiger partial charge is 0.391 e. The Morgan fingerprint density at radius 3 is 2.88 bits per heavy atom. The molecule has 1 rings (SSSR count). The molecule has 2 atom stereocenters. The highest BCUT2D eigenvalue weighted by Gasteiger charge is 2.18. The van der Waals surface area contributed by atoms with Crippen molar-refractivity contribution >= 4 is 11.8 Å². The molecule has 0 saturated carbocycles. The number of thioether (sulfide) groups is 1. The first-order chi connectivity index (χ1) is 3.80. The third-order valence-corrected chi connectivity index (χ3v) is 2.54. The summed E-state index contributed by atoms with van der Waals surface area (Å²) in [4.78, 5) is 0. The standard InChI is InChI=1S/C5H11NOS/c1-4(7)5-6-2-3-8-5/h4-7H,2-3H2,1H3/t4-,5?/m1/s1. The van der Waals surface area contributed by atoms with Crippen molar-refractivity contribution in [1.29, 1.82) is 0 Å². The Morgan fingerprint density at radius 2 is 2.62 bits per heavy atom. The Morgan fingerprint density at radius 1 is 1.88 bits per heavy atom. The van der Waals surface area contributed by atoms with Crippen molar-refractivity contribution in [3.05, 3.63) is 0 Å². The second-order valence-electron chi connectivity index (χ2n) is 1.99. The molecule has 0 aromatic rings. The molecule has 2 nitrogen and oxygen atoms in total. The van der Waals surface area contributed by atoms with Crippen LogP contribution in [0, 0.1) is 0 Å². The van der Waals surface area contributed by atoms with Crippen molar-refractivity contribution in [1.82, 2.24) is 5.32 Å². The summed E-state index contributed by atoms with van der Waals surface area (Å²) in [5, 5.41) is 12.4. The minimum Gasteiger partial charge on any atom is -0.391 e. The zero-order valence-electron chi connectivity index (χ0n) is 4.92. The van der Waals surface area contributed by atoms with Crippen molar-refractivity contribution in [2.75, 3.05) is 12.3 Å². The third-order valence-electron chi connectivity index (χ3n) is 1.18. The summed E-state index contributed by atoms with van der Waals surface area (Å²) in [6, 6.07) is 0. The number of rotatable bonds is 1. The van der Waals surface area contributed by atoms with Crippen molar-refractivity contribution in [2.24, 2.45) is 0 Å². The van der Waals surface area contributed by atoms with Crippen molar-refractivity contribution in [2.45, 2.75) is 18.4 Å². The molecule has 2 N–H and O–H groups in total. The number of aliphatic hydroxyl groups excluding tert-OH is 1. The van der Waals surface area contributed by atoms with Gasteiger partial charge in [0.25, 0.3) is 0 Å². The first-order valence-electron chi connectivity index (χ1n) is 2.84. The van der Waals surface area contributed by atoms with Gasteiger partial charge in [-0.05, 0) is 6.92 Å². The summed E-state index contributed by atoms with van der Waals surface area (Å²) in [6.45, 7) is 2.86. The SMILES string of the molecule is C[C@@H](O)C1NCCS1. The van der Waals surface area contributed by atoms with Crippen LogP contribution in [0.2, 0.25) is 0 Å². The molecule has 0 spiro atoms. The lowest BCUT2D eigenvalue weighted by Crippen LogP contribution is -2.30. The van der Waals surface area contributed by atoms with Gasteiger partial charge in [0.2, 0.25) is 0 Å². The van der Waals surface area contributed by atoms with Gasteiger partial charge in [-0.1, -0.05) is 0 Å². The average Bonchev–Trinajstić information content (AvgIpc) is 2.12. The summed E-state index contributed by atoms with van der Waals surface area (Å²) in [7, 11) is 0. The van der Waals surface area contributed by atoms with Crippen LogP contribution in [0.4, 0.5) is 0 Å². The van der Waals surface area contributed by atoms with Crippen LogP contribution in [0.25, 0.3) is 0 Å². The van der Waals surface area contributed by atoms with Crippen LogP contribution in [0.5, 0.6) is 0 Å². The van der Waals surface area contributed by atoms with Crippen molar-refractivity contribution < 1.29 is 5.11 Å². The molecule has 0 aromatic carbocycles. The topological polar surface area (TPSA) is 32.3 Å². The molecular formula is C5H11NOS. The fourth-order valence-corrected chi connectivity index (χ4v) is 1.76. The van der Waals surface area contributed by atoms with Crippen molar-refractivity contribution in [3.63, 3.8) is 0 Å². The maximum atomic E-state index is 8.97. The molecule has 8 heavy (non-hydrogen) atoms. The molecule has 48 valence electrons. The number of aliphatic hydroxyl groups is 1. The second kappa shape index (κ2) is 2.71. The van der Waals surface area contributed by atoms with E-state index in [1.807, 2.05) is 6.92 Å². The average molecular weight is 133 g/mol. The molecule has 1 aliphatic rings. The van der Waals surface area contributed by atoms with E-state index >= 15 is 0 Å². The van der Waals surface area contributed by atoms with Gasteiger partial charge < -0.3 is 10.4 Å². The number of nitrogens with one attached hydrogen (secondary N) is 1. The fraction of sp³-hybridized carbons (Fsp3) is 1.00. The molecule has 1 fully saturated rings. The minimum atomic E-state index is -0.206. The highest BCUT2D eigenvalue weighted by molar-refractivity contribution is 8.00. The molecule has 3 heteroatoms. The van der Waals surface area contributed by atoms with Gasteiger partial charge in [-0.3, -0.25) is 0 Å². The van der Waals surface area contributed by atoms with Crippen LogP contribution in [-0.2, 0) is 0 Å². The van der Waals surface area contributed by atoms with Gasteiger partial charge in [0, 0.05) is 12.3 Å².